The van der Waals surface area contributed by atoms with Crippen molar-refractivity contribution in [2.45, 2.75) is 66.8 Å². The molecule has 0 spiro atoms. The molecule has 0 saturated heterocycles. The van der Waals surface area contributed by atoms with Crippen LogP contribution < -0.4 is 5.19 Å². The summed E-state index contributed by atoms with van der Waals surface area (Å²) in [4.78, 5) is 26.4. The predicted octanol–water partition coefficient (Wildman–Crippen LogP) is 5.63. The number of Topliss-reactive ketones (excluding diaryl/α,β-unsaturated/α-hetero) is 1. The van der Waals surface area contributed by atoms with Crippen LogP contribution >= 0.6 is 11.3 Å². The largest absolute Gasteiger partial charge is 0.456 e. The van der Waals surface area contributed by atoms with Crippen LogP contribution in [-0.4, -0.2) is 25.4 Å². The fourth-order valence-corrected chi connectivity index (χ4v) is 7.02. The highest BCUT2D eigenvalue weighted by molar-refractivity contribution is 7.23. The molecule has 2 rings (SSSR count). The quantitative estimate of drug-likeness (QED) is 0.387. The van der Waals surface area contributed by atoms with E-state index in [0.717, 1.165) is 20.2 Å². The molecule has 0 saturated carbocycles. The van der Waals surface area contributed by atoms with Gasteiger partial charge in [-0.15, -0.1) is 11.3 Å². The highest BCUT2D eigenvalue weighted by Crippen LogP contribution is 2.32. The molecule has 5 heteroatoms. The Morgan fingerprint density at radius 2 is 1.58 bits per heavy atom. The molecule has 0 bridgehead atoms. The first-order chi connectivity index (χ1) is 11.6. The third-order valence-electron chi connectivity index (χ3n) is 3.96. The highest BCUT2D eigenvalue weighted by Gasteiger charge is 2.33. The molecule has 0 aliphatic carbocycles. The van der Waals surface area contributed by atoms with Gasteiger partial charge in [0.2, 0.25) is 0 Å². The van der Waals surface area contributed by atoms with E-state index in [1.807, 2.05) is 53.7 Å². The second-order valence-electron chi connectivity index (χ2n) is 9.85. The number of carbonyl (C=O) groups is 2. The molecule has 26 heavy (non-hydrogen) atoms. The van der Waals surface area contributed by atoms with E-state index in [0.29, 0.717) is 5.56 Å². The Morgan fingerprint density at radius 3 is 2.04 bits per heavy atom. The van der Waals surface area contributed by atoms with Crippen molar-refractivity contribution >= 4 is 46.4 Å². The first kappa shape index (κ1) is 20.8. The van der Waals surface area contributed by atoms with Crippen LogP contribution in [0.1, 0.15) is 61.6 Å². The first-order valence-corrected chi connectivity index (χ1v) is 13.3. The summed E-state index contributed by atoms with van der Waals surface area (Å²) in [5.41, 5.74) is -0.418. The van der Waals surface area contributed by atoms with Gasteiger partial charge in [0.15, 0.2) is 5.78 Å². The maximum atomic E-state index is 13.1. The molecule has 0 atom stereocenters. The lowest BCUT2D eigenvalue weighted by atomic mass is 9.90. The maximum Gasteiger partial charge on any atom is 0.338 e. The lowest BCUT2D eigenvalue weighted by molar-refractivity contribution is 0.00696. The van der Waals surface area contributed by atoms with Crippen molar-refractivity contribution in [3.05, 3.63) is 28.6 Å². The van der Waals surface area contributed by atoms with Crippen LogP contribution in [0.25, 0.3) is 10.1 Å². The Kier molecular flexibility index (Phi) is 5.30. The zero-order valence-electron chi connectivity index (χ0n) is 17.4. The van der Waals surface area contributed by atoms with Crippen molar-refractivity contribution in [3.63, 3.8) is 0 Å². The summed E-state index contributed by atoms with van der Waals surface area (Å²) >= 11 is 1.55. The molecule has 0 aliphatic rings. The summed E-state index contributed by atoms with van der Waals surface area (Å²) < 4.78 is 6.57. The number of esters is 1. The standard InChI is InChI=1S/C21H30O3SSi/c1-20(2,3)18(22)16-17(26(7,8)9)14-12-13(10-11-15(14)25-16)19(23)24-21(4,5)6/h10-12H,1-9H3. The van der Waals surface area contributed by atoms with E-state index in [2.05, 4.69) is 19.6 Å². The third-order valence-corrected chi connectivity index (χ3v) is 7.33. The van der Waals surface area contributed by atoms with Crippen LogP contribution in [0, 0.1) is 5.41 Å². The molecular formula is C21H30O3SSi. The first-order valence-electron chi connectivity index (χ1n) is 8.96. The van der Waals surface area contributed by atoms with E-state index >= 15 is 0 Å². The Labute approximate surface area is 161 Å². The van der Waals surface area contributed by atoms with Gasteiger partial charge in [0.1, 0.15) is 5.60 Å². The van der Waals surface area contributed by atoms with E-state index in [9.17, 15) is 9.59 Å². The summed E-state index contributed by atoms with van der Waals surface area (Å²) in [7, 11) is -1.80. The fourth-order valence-electron chi connectivity index (χ4n) is 2.81. The van der Waals surface area contributed by atoms with Gasteiger partial charge in [0, 0.05) is 10.1 Å². The lowest BCUT2D eigenvalue weighted by Gasteiger charge is -2.22. The monoisotopic (exact) mass is 390 g/mol. The zero-order chi connectivity index (χ0) is 20.1. The fraction of sp³-hybridized carbons (Fsp3) is 0.524. The van der Waals surface area contributed by atoms with Crippen LogP contribution in [0.2, 0.25) is 19.6 Å². The highest BCUT2D eigenvalue weighted by atomic mass is 32.1. The molecule has 1 aromatic heterocycles. The third kappa shape index (κ3) is 4.44. The molecular weight excluding hydrogens is 360 g/mol. The molecule has 142 valence electrons. The van der Waals surface area contributed by atoms with E-state index in [-0.39, 0.29) is 11.8 Å². The summed E-state index contributed by atoms with van der Waals surface area (Å²) in [6.45, 7) is 18.2. The minimum Gasteiger partial charge on any atom is -0.456 e. The second kappa shape index (κ2) is 6.61. The van der Waals surface area contributed by atoms with Gasteiger partial charge in [0.25, 0.3) is 0 Å². The van der Waals surface area contributed by atoms with Crippen LogP contribution in [0.5, 0.6) is 0 Å². The van der Waals surface area contributed by atoms with Crippen molar-refractivity contribution in [2.75, 3.05) is 0 Å². The molecule has 0 amide bonds. The van der Waals surface area contributed by atoms with Gasteiger partial charge >= 0.3 is 5.97 Å². The topological polar surface area (TPSA) is 43.4 Å². The molecule has 0 unspecified atom stereocenters. The van der Waals surface area contributed by atoms with E-state index in [4.69, 9.17) is 4.74 Å². The molecule has 0 N–H and O–H groups in total. The smallest absolute Gasteiger partial charge is 0.338 e. The summed E-state index contributed by atoms with van der Waals surface area (Å²) in [5, 5.41) is 2.19. The number of ether oxygens (including phenoxy) is 1. The van der Waals surface area contributed by atoms with Crippen molar-refractivity contribution in [1.29, 1.82) is 0 Å². The van der Waals surface area contributed by atoms with Gasteiger partial charge in [-0.1, -0.05) is 40.4 Å². The summed E-state index contributed by atoms with van der Waals surface area (Å²) in [5.74, 6) is -0.147. The number of hydrogen-bond donors (Lipinski definition) is 0. The van der Waals surface area contributed by atoms with Crippen molar-refractivity contribution in [3.8, 4) is 0 Å². The lowest BCUT2D eigenvalue weighted by Crippen LogP contribution is -2.41. The Hall–Kier alpha value is -1.46. The van der Waals surface area contributed by atoms with Crippen LogP contribution in [0.15, 0.2) is 18.2 Å². The van der Waals surface area contributed by atoms with Gasteiger partial charge in [-0.05, 0) is 49.5 Å². The van der Waals surface area contributed by atoms with E-state index in [1.54, 1.807) is 17.4 Å². The molecule has 0 radical (unpaired) electrons. The zero-order valence-corrected chi connectivity index (χ0v) is 19.2. The SMILES string of the molecule is CC(C)(C)OC(=O)c1ccc2sc(C(=O)C(C)(C)C)c([Si](C)(C)C)c2c1. The number of rotatable bonds is 3. The van der Waals surface area contributed by atoms with Gasteiger partial charge < -0.3 is 4.74 Å². The minimum atomic E-state index is -1.80. The molecule has 3 nitrogen and oxygen atoms in total. The summed E-state index contributed by atoms with van der Waals surface area (Å²) in [6, 6.07) is 5.65. The van der Waals surface area contributed by atoms with Gasteiger partial charge in [-0.2, -0.15) is 0 Å². The average Bonchev–Trinajstić information content (AvgIpc) is 2.81. The van der Waals surface area contributed by atoms with Crippen LogP contribution in [0.4, 0.5) is 0 Å². The predicted molar refractivity (Wildman–Crippen MR) is 114 cm³/mol. The molecule has 0 aliphatic heterocycles. The Bertz CT molecular complexity index is 858. The van der Waals surface area contributed by atoms with Crippen molar-refractivity contribution in [2.24, 2.45) is 5.41 Å². The van der Waals surface area contributed by atoms with Gasteiger partial charge in [-0.3, -0.25) is 4.79 Å². The number of fused-ring (bicyclic) bond motifs is 1. The van der Waals surface area contributed by atoms with Crippen LogP contribution in [-0.2, 0) is 4.74 Å². The molecule has 0 fully saturated rings. The Balaban J connectivity index is 2.68. The number of carbonyl (C=O) groups excluding carboxylic acids is 2. The average molecular weight is 391 g/mol. The molecule has 1 aromatic carbocycles. The number of thiophene rings is 1. The number of ketones is 1. The molecule has 2 aromatic rings. The minimum absolute atomic E-state index is 0.176. The van der Waals surface area contributed by atoms with Crippen LogP contribution in [0.3, 0.4) is 0 Å². The summed E-state index contributed by atoms with van der Waals surface area (Å²) in [6.07, 6.45) is 0. The maximum absolute atomic E-state index is 13.1. The van der Waals surface area contributed by atoms with Gasteiger partial charge in [0.05, 0.1) is 18.5 Å². The van der Waals surface area contributed by atoms with Crippen molar-refractivity contribution in [1.82, 2.24) is 0 Å². The van der Waals surface area contributed by atoms with Gasteiger partial charge in [-0.25, -0.2) is 4.79 Å². The second-order valence-corrected chi connectivity index (χ2v) is 15.9. The Morgan fingerprint density at radius 1 is 1.00 bits per heavy atom. The molecule has 1 heterocycles. The number of benzene rings is 1. The van der Waals surface area contributed by atoms with E-state index < -0.39 is 19.1 Å². The van der Waals surface area contributed by atoms with E-state index in [1.165, 1.54) is 0 Å². The number of hydrogen-bond acceptors (Lipinski definition) is 4. The normalized spacial score (nSPS) is 13.1. The van der Waals surface area contributed by atoms with Crippen molar-refractivity contribution < 1.29 is 14.3 Å².